The Balaban J connectivity index is 1.81. The second-order valence-corrected chi connectivity index (χ2v) is 6.04. The molecule has 126 valence electrons. The van der Waals surface area contributed by atoms with Crippen LogP contribution in [-0.2, 0) is 11.4 Å². The molecule has 2 aliphatic rings. The van der Waals surface area contributed by atoms with Gasteiger partial charge in [-0.25, -0.2) is 0 Å². The summed E-state index contributed by atoms with van der Waals surface area (Å²) in [5, 5.41) is 9.44. The molecule has 0 atom stereocenters. The first-order chi connectivity index (χ1) is 11.2. The summed E-state index contributed by atoms with van der Waals surface area (Å²) in [6, 6.07) is 3.56. The summed E-state index contributed by atoms with van der Waals surface area (Å²) in [5.41, 5.74) is 1.41. The van der Waals surface area contributed by atoms with Crippen LogP contribution in [-0.4, -0.2) is 55.8 Å². The maximum atomic E-state index is 12.3. The van der Waals surface area contributed by atoms with Crippen molar-refractivity contribution in [1.82, 2.24) is 4.90 Å². The number of aliphatic hydroxyl groups excluding tert-OH is 1. The molecule has 0 radical (unpaired) electrons. The van der Waals surface area contributed by atoms with Crippen LogP contribution in [0.4, 0.5) is 5.69 Å². The van der Waals surface area contributed by atoms with Gasteiger partial charge in [-0.1, -0.05) is 6.42 Å². The van der Waals surface area contributed by atoms with E-state index in [1.165, 1.54) is 19.3 Å². The van der Waals surface area contributed by atoms with Crippen LogP contribution in [0.25, 0.3) is 0 Å². The smallest absolute Gasteiger partial charge is 0.265 e. The van der Waals surface area contributed by atoms with Gasteiger partial charge >= 0.3 is 0 Å². The summed E-state index contributed by atoms with van der Waals surface area (Å²) < 4.78 is 10.9. The average Bonchev–Trinajstić information content (AvgIpc) is 2.60. The van der Waals surface area contributed by atoms with E-state index in [2.05, 4.69) is 4.90 Å². The molecule has 1 aromatic carbocycles. The number of rotatable bonds is 5. The number of hydrogen-bond acceptors (Lipinski definition) is 5. The number of fused-ring (bicyclic) bond motifs is 1. The highest BCUT2D eigenvalue weighted by Gasteiger charge is 2.29. The predicted molar refractivity (Wildman–Crippen MR) is 87.1 cm³/mol. The molecule has 0 bridgehead atoms. The summed E-state index contributed by atoms with van der Waals surface area (Å²) in [5.74, 6) is 1.09. The molecule has 0 aromatic heterocycles. The molecule has 2 aliphatic heterocycles. The van der Waals surface area contributed by atoms with Crippen molar-refractivity contribution < 1.29 is 19.4 Å². The average molecular weight is 320 g/mol. The molecule has 1 aromatic rings. The van der Waals surface area contributed by atoms with Crippen LogP contribution < -0.4 is 14.4 Å². The molecule has 0 saturated carbocycles. The van der Waals surface area contributed by atoms with E-state index in [0.717, 1.165) is 19.6 Å². The van der Waals surface area contributed by atoms with Crippen molar-refractivity contribution in [3.8, 4) is 11.5 Å². The van der Waals surface area contributed by atoms with Crippen LogP contribution in [0.15, 0.2) is 12.1 Å². The van der Waals surface area contributed by atoms with Crippen LogP contribution >= 0.6 is 0 Å². The van der Waals surface area contributed by atoms with E-state index < -0.39 is 0 Å². The van der Waals surface area contributed by atoms with Gasteiger partial charge in [0.15, 0.2) is 18.1 Å². The Morgan fingerprint density at radius 3 is 2.70 bits per heavy atom. The molecule has 0 unspecified atom stereocenters. The Morgan fingerprint density at radius 1 is 1.22 bits per heavy atom. The Morgan fingerprint density at radius 2 is 2.00 bits per heavy atom. The zero-order chi connectivity index (χ0) is 16.2. The SMILES string of the molecule is COc1cc(CO)cc2c1OCC(=O)N2CCN1CCCCC1. The van der Waals surface area contributed by atoms with Gasteiger partial charge in [0.1, 0.15) is 0 Å². The lowest BCUT2D eigenvalue weighted by molar-refractivity contribution is -0.121. The summed E-state index contributed by atoms with van der Waals surface area (Å²) in [4.78, 5) is 16.5. The predicted octanol–water partition coefficient (Wildman–Crippen LogP) is 1.40. The summed E-state index contributed by atoms with van der Waals surface area (Å²) in [6.45, 7) is 3.63. The lowest BCUT2D eigenvalue weighted by Crippen LogP contribution is -2.44. The van der Waals surface area contributed by atoms with E-state index in [-0.39, 0.29) is 19.1 Å². The number of hydrogen-bond donors (Lipinski definition) is 1. The van der Waals surface area contributed by atoms with Crippen molar-refractivity contribution in [2.45, 2.75) is 25.9 Å². The Labute approximate surface area is 136 Å². The fourth-order valence-corrected chi connectivity index (χ4v) is 3.25. The molecule has 6 heteroatoms. The molecule has 1 N–H and O–H groups in total. The monoisotopic (exact) mass is 320 g/mol. The van der Waals surface area contributed by atoms with Crippen molar-refractivity contribution in [1.29, 1.82) is 0 Å². The number of piperidine rings is 1. The number of anilines is 1. The van der Waals surface area contributed by atoms with Gasteiger partial charge in [0, 0.05) is 13.1 Å². The summed E-state index contributed by atoms with van der Waals surface area (Å²) >= 11 is 0. The number of benzene rings is 1. The zero-order valence-electron chi connectivity index (χ0n) is 13.6. The van der Waals surface area contributed by atoms with E-state index in [1.807, 2.05) is 6.07 Å². The second kappa shape index (κ2) is 7.19. The molecule has 1 fully saturated rings. The van der Waals surface area contributed by atoms with E-state index in [1.54, 1.807) is 18.1 Å². The van der Waals surface area contributed by atoms with E-state index >= 15 is 0 Å². The topological polar surface area (TPSA) is 62.2 Å². The number of carbonyl (C=O) groups is 1. The van der Waals surface area contributed by atoms with E-state index in [9.17, 15) is 9.90 Å². The van der Waals surface area contributed by atoms with E-state index in [4.69, 9.17) is 9.47 Å². The number of carbonyl (C=O) groups excluding carboxylic acids is 1. The third-order valence-corrected chi connectivity index (χ3v) is 4.52. The van der Waals surface area contributed by atoms with Crippen molar-refractivity contribution in [2.75, 3.05) is 44.8 Å². The van der Waals surface area contributed by atoms with Gasteiger partial charge in [0.05, 0.1) is 19.4 Å². The number of nitrogens with zero attached hydrogens (tertiary/aromatic N) is 2. The minimum Gasteiger partial charge on any atom is -0.493 e. The van der Waals surface area contributed by atoms with Gasteiger partial charge < -0.3 is 24.4 Å². The number of methoxy groups -OCH3 is 1. The van der Waals surface area contributed by atoms with Crippen molar-refractivity contribution in [2.24, 2.45) is 0 Å². The van der Waals surface area contributed by atoms with Crippen LogP contribution in [0.1, 0.15) is 24.8 Å². The van der Waals surface area contributed by atoms with Gasteiger partial charge in [-0.05, 0) is 43.6 Å². The quantitative estimate of drug-likeness (QED) is 0.888. The number of amides is 1. The standard InChI is InChI=1S/C17H24N2O4/c1-22-15-10-13(11-20)9-14-17(15)23-12-16(21)19(14)8-7-18-5-3-2-4-6-18/h9-10,20H,2-8,11-12H2,1H3. The minimum atomic E-state index is -0.0994. The van der Waals surface area contributed by atoms with Crippen LogP contribution in [0.3, 0.4) is 0 Å². The van der Waals surface area contributed by atoms with Gasteiger partial charge in [0.2, 0.25) is 0 Å². The lowest BCUT2D eigenvalue weighted by atomic mass is 10.1. The van der Waals surface area contributed by atoms with Gasteiger partial charge in [0.25, 0.3) is 5.91 Å². The Kier molecular flexibility index (Phi) is 5.03. The number of ether oxygens (including phenoxy) is 2. The molecular formula is C17H24N2O4. The Bertz CT molecular complexity index is 570. The largest absolute Gasteiger partial charge is 0.493 e. The molecule has 6 nitrogen and oxygen atoms in total. The lowest BCUT2D eigenvalue weighted by Gasteiger charge is -2.33. The first kappa shape index (κ1) is 16.1. The van der Waals surface area contributed by atoms with Crippen LogP contribution in [0.2, 0.25) is 0 Å². The Hall–Kier alpha value is -1.79. The van der Waals surface area contributed by atoms with Crippen molar-refractivity contribution in [3.63, 3.8) is 0 Å². The minimum absolute atomic E-state index is 0.0296. The van der Waals surface area contributed by atoms with Gasteiger partial charge in [-0.2, -0.15) is 0 Å². The molecule has 2 heterocycles. The molecule has 0 aliphatic carbocycles. The maximum absolute atomic E-state index is 12.3. The summed E-state index contributed by atoms with van der Waals surface area (Å²) in [7, 11) is 1.56. The van der Waals surface area contributed by atoms with Crippen LogP contribution in [0, 0.1) is 0 Å². The van der Waals surface area contributed by atoms with Crippen molar-refractivity contribution >= 4 is 11.6 Å². The zero-order valence-corrected chi connectivity index (χ0v) is 13.6. The van der Waals surface area contributed by atoms with E-state index in [0.29, 0.717) is 29.3 Å². The molecule has 1 amide bonds. The van der Waals surface area contributed by atoms with Gasteiger partial charge in [-0.15, -0.1) is 0 Å². The highest BCUT2D eigenvalue weighted by molar-refractivity contribution is 5.98. The fraction of sp³-hybridized carbons (Fsp3) is 0.588. The highest BCUT2D eigenvalue weighted by Crippen LogP contribution is 2.41. The molecule has 1 saturated heterocycles. The maximum Gasteiger partial charge on any atom is 0.265 e. The normalized spacial score (nSPS) is 18.5. The molecular weight excluding hydrogens is 296 g/mol. The third kappa shape index (κ3) is 3.43. The number of likely N-dealkylation sites (tertiary alicyclic amines) is 1. The fourth-order valence-electron chi connectivity index (χ4n) is 3.25. The summed E-state index contributed by atoms with van der Waals surface area (Å²) in [6.07, 6.45) is 3.76. The first-order valence-corrected chi connectivity index (χ1v) is 8.20. The first-order valence-electron chi connectivity index (χ1n) is 8.20. The van der Waals surface area contributed by atoms with Crippen LogP contribution in [0.5, 0.6) is 11.5 Å². The molecule has 0 spiro atoms. The second-order valence-electron chi connectivity index (χ2n) is 6.04. The van der Waals surface area contributed by atoms with Crippen molar-refractivity contribution in [3.05, 3.63) is 17.7 Å². The number of aliphatic hydroxyl groups is 1. The molecule has 3 rings (SSSR count). The molecule has 23 heavy (non-hydrogen) atoms. The third-order valence-electron chi connectivity index (χ3n) is 4.52. The highest BCUT2D eigenvalue weighted by atomic mass is 16.5. The van der Waals surface area contributed by atoms with Gasteiger partial charge in [-0.3, -0.25) is 4.79 Å².